The zero-order chi connectivity index (χ0) is 18.5. The first-order valence-corrected chi connectivity index (χ1v) is 9.22. The normalized spacial score (nSPS) is 10.4. The van der Waals surface area contributed by atoms with Gasteiger partial charge in [-0.1, -0.05) is 41.9 Å². The molecule has 0 aliphatic carbocycles. The van der Waals surface area contributed by atoms with Gasteiger partial charge in [0.25, 0.3) is 5.91 Å². The zero-order valence-corrected chi connectivity index (χ0v) is 15.7. The van der Waals surface area contributed by atoms with Crippen LogP contribution in [-0.2, 0) is 11.2 Å². The minimum absolute atomic E-state index is 0.104. The Morgan fingerprint density at radius 1 is 1.00 bits per heavy atom. The second kappa shape index (κ2) is 8.17. The van der Waals surface area contributed by atoms with Crippen LogP contribution in [0.5, 0.6) is 0 Å². The number of likely N-dealkylation sites (N-methyl/N-ethyl adjacent to an activating group) is 1. The van der Waals surface area contributed by atoms with E-state index < -0.39 is 0 Å². The molecule has 2 amide bonds. The van der Waals surface area contributed by atoms with Gasteiger partial charge >= 0.3 is 0 Å². The first kappa shape index (κ1) is 18.2. The molecule has 0 atom stereocenters. The van der Waals surface area contributed by atoms with Crippen LogP contribution in [0.2, 0.25) is 5.02 Å². The molecule has 4 nitrogen and oxygen atoms in total. The average Bonchev–Trinajstić information content (AvgIpc) is 3.14. The van der Waals surface area contributed by atoms with Gasteiger partial charge in [-0.15, -0.1) is 11.3 Å². The first-order valence-electron chi connectivity index (χ1n) is 8.02. The Labute approximate surface area is 160 Å². The quantitative estimate of drug-likeness (QED) is 0.674. The van der Waals surface area contributed by atoms with Crippen LogP contribution in [0.15, 0.2) is 60.7 Å². The van der Waals surface area contributed by atoms with Crippen molar-refractivity contribution in [2.45, 2.75) is 6.42 Å². The number of thiophene rings is 1. The van der Waals surface area contributed by atoms with E-state index in [1.54, 1.807) is 19.2 Å². The fourth-order valence-electron chi connectivity index (χ4n) is 2.47. The number of hydrogen-bond donors (Lipinski definition) is 2. The summed E-state index contributed by atoms with van der Waals surface area (Å²) < 4.78 is 0. The number of nitrogens with one attached hydrogen (secondary N) is 2. The fraction of sp³-hybridized carbons (Fsp3) is 0.100. The Balaban J connectivity index is 1.77. The molecule has 1 heterocycles. The molecule has 0 fully saturated rings. The summed E-state index contributed by atoms with van der Waals surface area (Å²) in [6, 6.07) is 18.5. The van der Waals surface area contributed by atoms with Crippen molar-refractivity contribution < 1.29 is 9.59 Å². The largest absolute Gasteiger partial charge is 0.359 e. The van der Waals surface area contributed by atoms with Gasteiger partial charge in [0.1, 0.15) is 0 Å². The fourth-order valence-corrected chi connectivity index (χ4v) is 3.50. The van der Waals surface area contributed by atoms with E-state index in [9.17, 15) is 9.59 Å². The van der Waals surface area contributed by atoms with Crippen LogP contribution in [0.4, 0.5) is 5.69 Å². The number of anilines is 1. The molecule has 3 rings (SSSR count). The maximum absolute atomic E-state index is 12.6. The Kier molecular flexibility index (Phi) is 5.71. The maximum Gasteiger partial charge on any atom is 0.265 e. The number of para-hydroxylation sites is 1. The summed E-state index contributed by atoms with van der Waals surface area (Å²) in [7, 11) is 1.59. The number of rotatable bonds is 5. The van der Waals surface area contributed by atoms with Crippen molar-refractivity contribution in [2.75, 3.05) is 12.4 Å². The van der Waals surface area contributed by atoms with Crippen molar-refractivity contribution >= 4 is 40.4 Å². The summed E-state index contributed by atoms with van der Waals surface area (Å²) in [5, 5.41) is 6.17. The van der Waals surface area contributed by atoms with Crippen molar-refractivity contribution in [1.29, 1.82) is 0 Å². The molecule has 132 valence electrons. The maximum atomic E-state index is 12.6. The molecule has 2 aromatic carbocycles. The van der Waals surface area contributed by atoms with E-state index in [4.69, 9.17) is 11.6 Å². The predicted octanol–water partition coefficient (Wildman–Crippen LogP) is 4.61. The number of halogens is 1. The van der Waals surface area contributed by atoms with E-state index in [-0.39, 0.29) is 18.2 Å². The highest BCUT2D eigenvalue weighted by atomic mass is 35.5. The number of carbonyl (C=O) groups excluding carboxylic acids is 2. The number of amides is 2. The van der Waals surface area contributed by atoms with E-state index in [2.05, 4.69) is 10.6 Å². The van der Waals surface area contributed by atoms with Gasteiger partial charge in [-0.05, 0) is 41.5 Å². The lowest BCUT2D eigenvalue weighted by atomic mass is 10.1. The number of hydrogen-bond acceptors (Lipinski definition) is 3. The van der Waals surface area contributed by atoms with E-state index in [1.165, 1.54) is 11.3 Å². The van der Waals surface area contributed by atoms with Gasteiger partial charge in [0.2, 0.25) is 5.91 Å². The van der Waals surface area contributed by atoms with Crippen molar-refractivity contribution in [2.24, 2.45) is 0 Å². The molecule has 6 heteroatoms. The first-order chi connectivity index (χ1) is 12.6. The molecule has 26 heavy (non-hydrogen) atoms. The third-order valence-electron chi connectivity index (χ3n) is 3.85. The second-order valence-corrected chi connectivity index (χ2v) is 7.15. The van der Waals surface area contributed by atoms with Crippen molar-refractivity contribution in [3.63, 3.8) is 0 Å². The minimum atomic E-state index is -0.195. The summed E-state index contributed by atoms with van der Waals surface area (Å²) >= 11 is 7.33. The van der Waals surface area contributed by atoms with Crippen LogP contribution in [0.3, 0.4) is 0 Å². The highest BCUT2D eigenvalue weighted by Crippen LogP contribution is 2.29. The molecule has 0 aliphatic rings. The summed E-state index contributed by atoms with van der Waals surface area (Å²) in [5.74, 6) is -0.299. The van der Waals surface area contributed by atoms with Gasteiger partial charge in [-0.25, -0.2) is 0 Å². The van der Waals surface area contributed by atoms with Crippen LogP contribution >= 0.6 is 22.9 Å². The Bertz CT molecular complexity index is 935. The second-order valence-electron chi connectivity index (χ2n) is 5.63. The topological polar surface area (TPSA) is 58.2 Å². The van der Waals surface area contributed by atoms with Crippen LogP contribution in [0.25, 0.3) is 10.4 Å². The van der Waals surface area contributed by atoms with Crippen LogP contribution in [0.1, 0.15) is 15.2 Å². The Morgan fingerprint density at radius 3 is 2.46 bits per heavy atom. The van der Waals surface area contributed by atoms with Gasteiger partial charge < -0.3 is 10.6 Å². The highest BCUT2D eigenvalue weighted by molar-refractivity contribution is 7.17. The molecule has 3 aromatic rings. The van der Waals surface area contributed by atoms with Gasteiger partial charge in [0, 0.05) is 22.6 Å². The SMILES string of the molecule is CNC(=O)Cc1ccccc1NC(=O)c1ccc(-c2ccc(Cl)cc2)s1. The molecule has 0 spiro atoms. The van der Waals surface area contributed by atoms with Crippen molar-refractivity contribution in [3.05, 3.63) is 76.1 Å². The lowest BCUT2D eigenvalue weighted by Gasteiger charge is -2.09. The predicted molar refractivity (Wildman–Crippen MR) is 107 cm³/mol. The molecular weight excluding hydrogens is 368 g/mol. The molecule has 0 bridgehead atoms. The van der Waals surface area contributed by atoms with Gasteiger partial charge in [-0.2, -0.15) is 0 Å². The smallest absolute Gasteiger partial charge is 0.265 e. The lowest BCUT2D eigenvalue weighted by molar-refractivity contribution is -0.119. The Morgan fingerprint density at radius 2 is 1.73 bits per heavy atom. The number of benzene rings is 2. The third-order valence-corrected chi connectivity index (χ3v) is 5.24. The molecular formula is C20H17ClN2O2S. The lowest BCUT2D eigenvalue weighted by Crippen LogP contribution is -2.21. The van der Waals surface area contributed by atoms with Crippen molar-refractivity contribution in [3.8, 4) is 10.4 Å². The number of carbonyl (C=O) groups is 2. The molecule has 0 saturated heterocycles. The van der Waals surface area contributed by atoms with Crippen molar-refractivity contribution in [1.82, 2.24) is 5.32 Å². The molecule has 0 aliphatic heterocycles. The average molecular weight is 385 g/mol. The Hall–Kier alpha value is -2.63. The third kappa shape index (κ3) is 4.31. The monoisotopic (exact) mass is 384 g/mol. The molecule has 0 unspecified atom stereocenters. The van der Waals surface area contributed by atoms with Gasteiger partial charge in [0.05, 0.1) is 11.3 Å². The summed E-state index contributed by atoms with van der Waals surface area (Å²) in [6.45, 7) is 0. The van der Waals surface area contributed by atoms with Gasteiger partial charge in [-0.3, -0.25) is 9.59 Å². The summed E-state index contributed by atoms with van der Waals surface area (Å²) in [4.78, 5) is 25.8. The molecule has 0 saturated carbocycles. The summed E-state index contributed by atoms with van der Waals surface area (Å²) in [5.41, 5.74) is 2.43. The van der Waals surface area contributed by atoms with Crippen LogP contribution < -0.4 is 10.6 Å². The molecule has 2 N–H and O–H groups in total. The van der Waals surface area contributed by atoms with Crippen LogP contribution in [-0.4, -0.2) is 18.9 Å². The molecule has 0 radical (unpaired) electrons. The van der Waals surface area contributed by atoms with Crippen LogP contribution in [0, 0.1) is 0 Å². The van der Waals surface area contributed by atoms with E-state index in [0.29, 0.717) is 15.6 Å². The highest BCUT2D eigenvalue weighted by Gasteiger charge is 2.13. The summed E-state index contributed by atoms with van der Waals surface area (Å²) in [6.07, 6.45) is 0.216. The zero-order valence-electron chi connectivity index (χ0n) is 14.1. The minimum Gasteiger partial charge on any atom is -0.359 e. The standard InChI is InChI=1S/C20H17ClN2O2S/c1-22-19(24)12-14-4-2-3-5-16(14)23-20(25)18-11-10-17(26-18)13-6-8-15(21)9-7-13/h2-11H,12H2,1H3,(H,22,24)(H,23,25). The van der Waals surface area contributed by atoms with E-state index >= 15 is 0 Å². The van der Waals surface area contributed by atoms with Gasteiger partial charge in [0.15, 0.2) is 0 Å². The van der Waals surface area contributed by atoms with E-state index in [0.717, 1.165) is 16.0 Å². The van der Waals surface area contributed by atoms with E-state index in [1.807, 2.05) is 48.5 Å². The molecule has 1 aromatic heterocycles.